The summed E-state index contributed by atoms with van der Waals surface area (Å²) in [6, 6.07) is 6.03. The summed E-state index contributed by atoms with van der Waals surface area (Å²) in [6.07, 6.45) is 1.39. The summed E-state index contributed by atoms with van der Waals surface area (Å²) < 4.78 is 1.85. The van der Waals surface area contributed by atoms with Gasteiger partial charge in [-0.05, 0) is 92.6 Å². The molecule has 3 aromatic rings. The van der Waals surface area contributed by atoms with Crippen molar-refractivity contribution in [3.63, 3.8) is 0 Å². The second kappa shape index (κ2) is 9.28. The van der Waals surface area contributed by atoms with Crippen LogP contribution in [-0.2, 0) is 12.1 Å². The lowest BCUT2D eigenvalue weighted by atomic mass is 10.0. The summed E-state index contributed by atoms with van der Waals surface area (Å²) in [7, 11) is 0. The van der Waals surface area contributed by atoms with Crippen LogP contribution in [0.5, 0.6) is 0 Å². The number of rotatable bonds is 8. The zero-order valence-corrected chi connectivity index (χ0v) is 19.4. The van der Waals surface area contributed by atoms with Gasteiger partial charge in [-0.15, -0.1) is 5.10 Å². The Morgan fingerprint density at radius 3 is 2.55 bits per heavy atom. The smallest absolute Gasteiger partial charge is 0.252 e. The van der Waals surface area contributed by atoms with E-state index in [0.29, 0.717) is 25.1 Å². The van der Waals surface area contributed by atoms with Gasteiger partial charge in [-0.2, -0.15) is 0 Å². The number of H-pyrrole nitrogens is 1. The molecule has 1 aromatic carbocycles. The minimum atomic E-state index is -0.259. The lowest BCUT2D eigenvalue weighted by Crippen LogP contribution is -2.36. The number of aromatic amines is 1. The van der Waals surface area contributed by atoms with Crippen LogP contribution < -0.4 is 5.56 Å². The fraction of sp³-hybridized carbons (Fsp3) is 0.565. The molecule has 1 unspecified atom stereocenters. The molecule has 0 saturated heterocycles. The first-order chi connectivity index (χ1) is 14.7. The number of aliphatic hydroxyl groups is 1. The number of fused-ring (bicyclic) bond motifs is 1. The Kier molecular flexibility index (Phi) is 6.91. The van der Waals surface area contributed by atoms with Crippen molar-refractivity contribution in [1.82, 2.24) is 30.1 Å². The van der Waals surface area contributed by atoms with Crippen LogP contribution in [0, 0.1) is 13.8 Å². The predicted octanol–water partition coefficient (Wildman–Crippen LogP) is 3.22. The average molecular weight is 427 g/mol. The number of aromatic nitrogens is 5. The third kappa shape index (κ3) is 5.02. The first-order valence-corrected chi connectivity index (χ1v) is 10.9. The van der Waals surface area contributed by atoms with Crippen molar-refractivity contribution >= 4 is 10.9 Å². The average Bonchev–Trinajstić information content (AvgIpc) is 3.18. The molecule has 31 heavy (non-hydrogen) atoms. The summed E-state index contributed by atoms with van der Waals surface area (Å²) >= 11 is 0. The fourth-order valence-corrected chi connectivity index (χ4v) is 3.96. The van der Waals surface area contributed by atoms with Crippen LogP contribution in [0.15, 0.2) is 23.0 Å². The van der Waals surface area contributed by atoms with Gasteiger partial charge in [-0.25, -0.2) is 4.68 Å². The first kappa shape index (κ1) is 23.1. The maximum absolute atomic E-state index is 12.9. The van der Waals surface area contributed by atoms with Gasteiger partial charge in [0.1, 0.15) is 0 Å². The number of nitrogens with zero attached hydrogens (tertiary/aromatic N) is 5. The molecule has 0 spiro atoms. The number of hydrogen-bond donors (Lipinski definition) is 2. The molecule has 3 rings (SSSR count). The van der Waals surface area contributed by atoms with Gasteiger partial charge in [0.25, 0.3) is 5.56 Å². The molecule has 0 amide bonds. The van der Waals surface area contributed by atoms with E-state index in [0.717, 1.165) is 28.7 Å². The number of tetrazole rings is 1. The quantitative estimate of drug-likeness (QED) is 0.574. The number of aliphatic hydroxyl groups excluding tert-OH is 1. The Bertz CT molecular complexity index is 1100. The highest BCUT2D eigenvalue weighted by Crippen LogP contribution is 2.27. The van der Waals surface area contributed by atoms with Gasteiger partial charge in [0.05, 0.1) is 11.6 Å². The molecule has 0 aliphatic rings. The molecular weight excluding hydrogens is 392 g/mol. The lowest BCUT2D eigenvalue weighted by molar-refractivity contribution is 0.146. The Balaban J connectivity index is 2.01. The molecule has 2 N–H and O–H groups in total. The third-order valence-corrected chi connectivity index (χ3v) is 5.77. The molecule has 0 fully saturated rings. The monoisotopic (exact) mass is 426 g/mol. The summed E-state index contributed by atoms with van der Waals surface area (Å²) in [6.45, 7) is 13.6. The van der Waals surface area contributed by atoms with Crippen molar-refractivity contribution < 1.29 is 5.11 Å². The number of benzene rings is 1. The van der Waals surface area contributed by atoms with Crippen LogP contribution in [0.25, 0.3) is 10.9 Å². The number of pyridine rings is 1. The largest absolute Gasteiger partial charge is 0.396 e. The topological polar surface area (TPSA) is 99.9 Å². The first-order valence-electron chi connectivity index (χ1n) is 10.9. The highest BCUT2D eigenvalue weighted by Gasteiger charge is 2.29. The highest BCUT2D eigenvalue weighted by atomic mass is 16.3. The zero-order chi connectivity index (χ0) is 22.8. The van der Waals surface area contributed by atoms with Crippen molar-refractivity contribution in [2.75, 3.05) is 13.2 Å². The SMILES string of the molecule is CCC(c1nnnn1C(C)(C)C)N(CCCO)Cc1cc2cc(C)c(C)cc2[nH]c1=O. The lowest BCUT2D eigenvalue weighted by Gasteiger charge is -2.32. The standard InChI is InChI=1S/C23H34N6O2/c1-7-20(21-25-26-27-29(21)23(4,5)6)28(9-8-10-30)14-18-13-17-11-15(2)16(3)12-19(17)24-22(18)31/h11-13,20,30H,7-10,14H2,1-6H3,(H,24,31). The number of hydrogen-bond acceptors (Lipinski definition) is 6. The van der Waals surface area contributed by atoms with E-state index < -0.39 is 0 Å². The minimum Gasteiger partial charge on any atom is -0.396 e. The molecule has 8 heteroatoms. The maximum Gasteiger partial charge on any atom is 0.252 e. The van der Waals surface area contributed by atoms with Gasteiger partial charge in [0.15, 0.2) is 5.82 Å². The van der Waals surface area contributed by atoms with Gasteiger partial charge in [0.2, 0.25) is 0 Å². The molecule has 0 bridgehead atoms. The Labute approximate surface area is 183 Å². The Morgan fingerprint density at radius 1 is 1.19 bits per heavy atom. The van der Waals surface area contributed by atoms with Crippen LogP contribution in [0.1, 0.15) is 69.1 Å². The van der Waals surface area contributed by atoms with Crippen LogP contribution >= 0.6 is 0 Å². The van der Waals surface area contributed by atoms with E-state index in [2.05, 4.69) is 66.1 Å². The van der Waals surface area contributed by atoms with E-state index in [1.807, 2.05) is 23.7 Å². The van der Waals surface area contributed by atoms with Crippen LogP contribution in [0.2, 0.25) is 0 Å². The van der Waals surface area contributed by atoms with E-state index in [-0.39, 0.29) is 23.7 Å². The molecule has 0 saturated carbocycles. The van der Waals surface area contributed by atoms with Gasteiger partial charge < -0.3 is 10.1 Å². The summed E-state index contributed by atoms with van der Waals surface area (Å²) in [5, 5.41) is 22.9. The summed E-state index contributed by atoms with van der Waals surface area (Å²) in [5.41, 5.74) is 3.54. The molecule has 2 aromatic heterocycles. The molecule has 8 nitrogen and oxygen atoms in total. The van der Waals surface area contributed by atoms with Crippen molar-refractivity contribution in [3.05, 3.63) is 51.1 Å². The summed E-state index contributed by atoms with van der Waals surface area (Å²) in [5.74, 6) is 0.775. The molecule has 0 radical (unpaired) electrons. The van der Waals surface area contributed by atoms with Gasteiger partial charge in [-0.1, -0.05) is 6.92 Å². The van der Waals surface area contributed by atoms with E-state index >= 15 is 0 Å². The van der Waals surface area contributed by atoms with Crippen molar-refractivity contribution in [2.45, 2.75) is 72.5 Å². The van der Waals surface area contributed by atoms with Gasteiger partial charge in [-0.3, -0.25) is 9.69 Å². The molecule has 0 aliphatic carbocycles. The normalized spacial score (nSPS) is 13.3. The molecule has 0 aliphatic heterocycles. The van der Waals surface area contributed by atoms with Crippen LogP contribution in [-0.4, -0.2) is 48.3 Å². The Morgan fingerprint density at radius 2 is 1.90 bits per heavy atom. The summed E-state index contributed by atoms with van der Waals surface area (Å²) in [4.78, 5) is 18.1. The Hall–Kier alpha value is -2.58. The highest BCUT2D eigenvalue weighted by molar-refractivity contribution is 5.80. The van der Waals surface area contributed by atoms with E-state index in [1.165, 1.54) is 5.56 Å². The maximum atomic E-state index is 12.9. The number of aryl methyl sites for hydroxylation is 2. The van der Waals surface area contributed by atoms with Crippen LogP contribution in [0.4, 0.5) is 0 Å². The predicted molar refractivity (Wildman–Crippen MR) is 122 cm³/mol. The molecule has 2 heterocycles. The second-order valence-electron chi connectivity index (χ2n) is 9.24. The van der Waals surface area contributed by atoms with E-state index in [4.69, 9.17) is 0 Å². The van der Waals surface area contributed by atoms with E-state index in [9.17, 15) is 9.90 Å². The van der Waals surface area contributed by atoms with Crippen LogP contribution in [0.3, 0.4) is 0 Å². The van der Waals surface area contributed by atoms with Gasteiger partial charge >= 0.3 is 0 Å². The minimum absolute atomic E-state index is 0.0735. The van der Waals surface area contributed by atoms with E-state index in [1.54, 1.807) is 0 Å². The van der Waals surface area contributed by atoms with Crippen molar-refractivity contribution in [3.8, 4) is 0 Å². The second-order valence-corrected chi connectivity index (χ2v) is 9.24. The number of nitrogens with one attached hydrogen (secondary N) is 1. The molecular formula is C23H34N6O2. The fourth-order valence-electron chi connectivity index (χ4n) is 3.96. The van der Waals surface area contributed by atoms with Crippen molar-refractivity contribution in [1.29, 1.82) is 0 Å². The molecule has 168 valence electrons. The van der Waals surface area contributed by atoms with Gasteiger partial charge in [0, 0.05) is 30.8 Å². The zero-order valence-electron chi connectivity index (χ0n) is 19.4. The van der Waals surface area contributed by atoms with Crippen molar-refractivity contribution in [2.24, 2.45) is 0 Å². The molecule has 1 atom stereocenters. The third-order valence-electron chi connectivity index (χ3n) is 5.77.